The van der Waals surface area contributed by atoms with Gasteiger partial charge in [-0.3, -0.25) is 9.59 Å². The summed E-state index contributed by atoms with van der Waals surface area (Å²) < 4.78 is 0. The number of anilines is 4. The highest BCUT2D eigenvalue weighted by Crippen LogP contribution is 2.28. The minimum atomic E-state index is -0.294. The molecule has 8 heteroatoms. The average Bonchev–Trinajstić information content (AvgIpc) is 3.27. The summed E-state index contributed by atoms with van der Waals surface area (Å²) >= 11 is 0. The molecule has 5 rings (SSSR count). The summed E-state index contributed by atoms with van der Waals surface area (Å²) in [7, 11) is 0. The average molecular weight is 485 g/mol. The number of benzene rings is 2. The van der Waals surface area contributed by atoms with Crippen molar-refractivity contribution in [3.8, 4) is 0 Å². The molecule has 0 saturated carbocycles. The van der Waals surface area contributed by atoms with Crippen LogP contribution in [0.15, 0.2) is 54.6 Å². The molecular weight excluding hydrogens is 452 g/mol. The zero-order chi connectivity index (χ0) is 25.2. The Kier molecular flexibility index (Phi) is 6.59. The van der Waals surface area contributed by atoms with Crippen LogP contribution in [-0.2, 0) is 9.59 Å². The van der Waals surface area contributed by atoms with Gasteiger partial charge in [-0.15, -0.1) is 0 Å². The smallest absolute Gasteiger partial charge is 0.228 e. The summed E-state index contributed by atoms with van der Waals surface area (Å²) in [5, 5.41) is 3.36. The Hall–Kier alpha value is -3.94. The Morgan fingerprint density at radius 3 is 2.19 bits per heavy atom. The molecule has 1 aromatic heterocycles. The van der Waals surface area contributed by atoms with Crippen LogP contribution in [0.1, 0.15) is 23.4 Å². The normalized spacial score (nSPS) is 18.0. The van der Waals surface area contributed by atoms with Crippen LogP contribution in [0.5, 0.6) is 0 Å². The van der Waals surface area contributed by atoms with Crippen LogP contribution in [0.4, 0.5) is 23.0 Å². The zero-order valence-corrected chi connectivity index (χ0v) is 21.1. The number of aryl methyl sites for hydroxylation is 3. The van der Waals surface area contributed by atoms with Gasteiger partial charge in [-0.25, -0.2) is 9.97 Å². The molecule has 2 saturated heterocycles. The molecule has 8 nitrogen and oxygen atoms in total. The van der Waals surface area contributed by atoms with Gasteiger partial charge < -0.3 is 20.0 Å². The Bertz CT molecular complexity index is 1250. The first-order chi connectivity index (χ1) is 17.4. The molecule has 3 heterocycles. The highest BCUT2D eigenvalue weighted by Gasteiger charge is 2.38. The molecule has 2 aliphatic heterocycles. The van der Waals surface area contributed by atoms with Crippen molar-refractivity contribution in [2.75, 3.05) is 47.8 Å². The maximum absolute atomic E-state index is 13.2. The quantitative estimate of drug-likeness (QED) is 0.593. The molecule has 1 unspecified atom stereocenters. The molecule has 186 valence electrons. The number of hydrogen-bond donors (Lipinski definition) is 1. The van der Waals surface area contributed by atoms with Gasteiger partial charge >= 0.3 is 0 Å². The lowest BCUT2D eigenvalue weighted by atomic mass is 10.1. The number of carbonyl (C=O) groups is 2. The van der Waals surface area contributed by atoms with Crippen LogP contribution in [0, 0.1) is 26.7 Å². The molecule has 1 atom stereocenters. The fourth-order valence-electron chi connectivity index (χ4n) is 4.82. The fourth-order valence-corrected chi connectivity index (χ4v) is 4.82. The van der Waals surface area contributed by atoms with Crippen LogP contribution in [-0.4, -0.2) is 59.4 Å². The summed E-state index contributed by atoms with van der Waals surface area (Å²) in [6, 6.07) is 18.0. The summed E-state index contributed by atoms with van der Waals surface area (Å²) in [5.41, 5.74) is 4.19. The summed E-state index contributed by atoms with van der Waals surface area (Å²) in [4.78, 5) is 40.9. The van der Waals surface area contributed by atoms with Crippen molar-refractivity contribution in [1.29, 1.82) is 0 Å². The van der Waals surface area contributed by atoms with Crippen molar-refractivity contribution in [2.24, 2.45) is 5.92 Å². The molecule has 2 aromatic carbocycles. The highest BCUT2D eigenvalue weighted by molar-refractivity contribution is 6.00. The van der Waals surface area contributed by atoms with E-state index < -0.39 is 0 Å². The molecule has 2 amide bonds. The zero-order valence-electron chi connectivity index (χ0n) is 21.1. The first-order valence-corrected chi connectivity index (χ1v) is 12.5. The van der Waals surface area contributed by atoms with Crippen LogP contribution >= 0.6 is 0 Å². The molecule has 36 heavy (non-hydrogen) atoms. The SMILES string of the molecule is Cc1ccc(Nc2cc(N3CCN(C(=O)C4CC(=O)N(c5ccc(C)cc5)C4)CC3)nc(C)n2)cc1. The third-order valence-corrected chi connectivity index (χ3v) is 6.88. The Morgan fingerprint density at radius 1 is 0.889 bits per heavy atom. The van der Waals surface area contributed by atoms with Gasteiger partial charge in [0.25, 0.3) is 0 Å². The number of amides is 2. The molecular formula is C28H32N6O2. The lowest BCUT2D eigenvalue weighted by Gasteiger charge is -2.36. The minimum absolute atomic E-state index is 0.0147. The third kappa shape index (κ3) is 5.17. The molecule has 3 aromatic rings. The Morgan fingerprint density at radius 2 is 1.53 bits per heavy atom. The number of nitrogens with one attached hydrogen (secondary N) is 1. The Labute approximate surface area is 212 Å². The van der Waals surface area contributed by atoms with Gasteiger partial charge in [0.15, 0.2) is 0 Å². The van der Waals surface area contributed by atoms with E-state index in [4.69, 9.17) is 0 Å². The van der Waals surface area contributed by atoms with Gasteiger partial charge in [0.05, 0.1) is 5.92 Å². The van der Waals surface area contributed by atoms with Gasteiger partial charge in [0.1, 0.15) is 17.5 Å². The van der Waals surface area contributed by atoms with E-state index in [0.717, 1.165) is 28.6 Å². The number of nitrogens with zero attached hydrogens (tertiary/aromatic N) is 5. The van der Waals surface area contributed by atoms with E-state index in [0.29, 0.717) is 38.5 Å². The molecule has 2 aliphatic rings. The molecule has 0 aliphatic carbocycles. The topological polar surface area (TPSA) is 81.7 Å². The molecule has 0 spiro atoms. The summed E-state index contributed by atoms with van der Waals surface area (Å²) in [5.74, 6) is 2.09. The fraction of sp³-hybridized carbons (Fsp3) is 0.357. The van der Waals surface area contributed by atoms with Gasteiger partial charge in [0.2, 0.25) is 11.8 Å². The van der Waals surface area contributed by atoms with E-state index in [2.05, 4.69) is 39.2 Å². The van der Waals surface area contributed by atoms with E-state index in [9.17, 15) is 9.59 Å². The van der Waals surface area contributed by atoms with E-state index in [1.165, 1.54) is 5.56 Å². The number of hydrogen-bond acceptors (Lipinski definition) is 6. The summed E-state index contributed by atoms with van der Waals surface area (Å²) in [6.07, 6.45) is 0.270. The molecule has 2 fully saturated rings. The standard InChI is InChI=1S/C28H32N6O2/c1-19-4-8-23(9-5-19)31-25-17-26(30-21(3)29-25)32-12-14-33(15-13-32)28(36)22-16-27(35)34(18-22)24-10-6-20(2)7-11-24/h4-11,17,22H,12-16,18H2,1-3H3,(H,29,30,31). The van der Waals surface area contributed by atoms with Crippen LogP contribution in [0.3, 0.4) is 0 Å². The maximum atomic E-state index is 13.2. The monoisotopic (exact) mass is 484 g/mol. The van der Waals surface area contributed by atoms with Crippen molar-refractivity contribution in [3.63, 3.8) is 0 Å². The van der Waals surface area contributed by atoms with Crippen molar-refractivity contribution in [2.45, 2.75) is 27.2 Å². The number of carbonyl (C=O) groups excluding carboxylic acids is 2. The molecule has 0 radical (unpaired) electrons. The van der Waals surface area contributed by atoms with E-state index in [1.54, 1.807) is 4.90 Å². The van der Waals surface area contributed by atoms with E-state index in [-0.39, 0.29) is 24.2 Å². The van der Waals surface area contributed by atoms with Crippen LogP contribution in [0.2, 0.25) is 0 Å². The summed E-state index contributed by atoms with van der Waals surface area (Å²) in [6.45, 7) is 9.01. The first kappa shape index (κ1) is 23.8. The van der Waals surface area contributed by atoms with Crippen molar-refractivity contribution < 1.29 is 9.59 Å². The van der Waals surface area contributed by atoms with Crippen molar-refractivity contribution >= 4 is 34.8 Å². The lowest BCUT2D eigenvalue weighted by Crippen LogP contribution is -2.51. The predicted octanol–water partition coefficient (Wildman–Crippen LogP) is 3.85. The van der Waals surface area contributed by atoms with Gasteiger partial charge in [0, 0.05) is 56.6 Å². The number of aromatic nitrogens is 2. The first-order valence-electron chi connectivity index (χ1n) is 12.5. The third-order valence-electron chi connectivity index (χ3n) is 6.88. The van der Waals surface area contributed by atoms with Gasteiger partial charge in [-0.2, -0.15) is 0 Å². The van der Waals surface area contributed by atoms with Gasteiger partial charge in [-0.05, 0) is 45.0 Å². The predicted molar refractivity (Wildman–Crippen MR) is 142 cm³/mol. The van der Waals surface area contributed by atoms with Crippen molar-refractivity contribution in [3.05, 3.63) is 71.5 Å². The largest absolute Gasteiger partial charge is 0.353 e. The number of piperazine rings is 1. The van der Waals surface area contributed by atoms with Gasteiger partial charge in [-0.1, -0.05) is 35.4 Å². The second-order valence-corrected chi connectivity index (χ2v) is 9.70. The highest BCUT2D eigenvalue weighted by atomic mass is 16.2. The minimum Gasteiger partial charge on any atom is -0.353 e. The van der Waals surface area contributed by atoms with E-state index in [1.807, 2.05) is 61.2 Å². The molecule has 1 N–H and O–H groups in total. The lowest BCUT2D eigenvalue weighted by molar-refractivity contribution is -0.136. The molecule has 0 bridgehead atoms. The number of rotatable bonds is 5. The van der Waals surface area contributed by atoms with Crippen molar-refractivity contribution in [1.82, 2.24) is 14.9 Å². The second kappa shape index (κ2) is 9.97. The Balaban J connectivity index is 1.20. The van der Waals surface area contributed by atoms with E-state index >= 15 is 0 Å². The van der Waals surface area contributed by atoms with Crippen LogP contribution < -0.4 is 15.1 Å². The maximum Gasteiger partial charge on any atom is 0.228 e. The van der Waals surface area contributed by atoms with Crippen LogP contribution in [0.25, 0.3) is 0 Å². The second-order valence-electron chi connectivity index (χ2n) is 9.70.